The van der Waals surface area contributed by atoms with Crippen LogP contribution < -0.4 is 10.6 Å². The van der Waals surface area contributed by atoms with E-state index in [0.29, 0.717) is 6.42 Å². The molecular formula is C12H15BrFN3O3S. The second kappa shape index (κ2) is 5.80. The summed E-state index contributed by atoms with van der Waals surface area (Å²) in [7, 11) is -1.39. The predicted molar refractivity (Wildman–Crippen MR) is 82.1 cm³/mol. The molecule has 1 heterocycles. The molecule has 1 fully saturated rings. The second-order valence-corrected chi connectivity index (χ2v) is 7.93. The summed E-state index contributed by atoms with van der Waals surface area (Å²) in [6, 6.07) is 2.74. The van der Waals surface area contributed by atoms with E-state index in [-0.39, 0.29) is 39.1 Å². The number of rotatable bonds is 3. The smallest absolute Gasteiger partial charge is 0.171 e. The first kappa shape index (κ1) is 16.0. The molecule has 116 valence electrons. The third-order valence-electron chi connectivity index (χ3n) is 3.58. The molecule has 1 aliphatic heterocycles. The van der Waals surface area contributed by atoms with Crippen molar-refractivity contribution in [2.24, 2.45) is 10.9 Å². The zero-order chi connectivity index (χ0) is 15.8. The van der Waals surface area contributed by atoms with Crippen molar-refractivity contribution in [3.8, 4) is 0 Å². The van der Waals surface area contributed by atoms with Gasteiger partial charge in [-0.3, -0.25) is 0 Å². The Bertz CT molecular complexity index is 693. The minimum atomic E-state index is -3.05. The van der Waals surface area contributed by atoms with E-state index in [1.54, 1.807) is 11.9 Å². The number of halogens is 2. The maximum atomic E-state index is 14.4. The normalized spacial score (nSPS) is 21.5. The van der Waals surface area contributed by atoms with Crippen molar-refractivity contribution in [2.45, 2.75) is 12.5 Å². The monoisotopic (exact) mass is 379 g/mol. The first-order valence-corrected chi connectivity index (χ1v) is 8.77. The Balaban J connectivity index is 2.35. The van der Waals surface area contributed by atoms with Crippen molar-refractivity contribution in [3.63, 3.8) is 0 Å². The minimum absolute atomic E-state index is 0.0164. The Labute approximate surface area is 130 Å². The van der Waals surface area contributed by atoms with Gasteiger partial charge >= 0.3 is 0 Å². The molecule has 1 aromatic rings. The molecule has 9 heteroatoms. The Morgan fingerprint density at radius 2 is 2.24 bits per heavy atom. The van der Waals surface area contributed by atoms with Crippen LogP contribution in [0.4, 0.5) is 10.1 Å². The number of hydrogen-bond acceptors (Lipinski definition) is 5. The maximum Gasteiger partial charge on any atom is 0.171 e. The van der Waals surface area contributed by atoms with Crippen molar-refractivity contribution >= 4 is 37.3 Å². The summed E-state index contributed by atoms with van der Waals surface area (Å²) in [5, 5.41) is 11.5. The van der Waals surface area contributed by atoms with E-state index in [1.807, 2.05) is 0 Å². The van der Waals surface area contributed by atoms with Gasteiger partial charge < -0.3 is 15.8 Å². The van der Waals surface area contributed by atoms with E-state index < -0.39 is 15.7 Å². The molecule has 0 radical (unpaired) electrons. The third-order valence-corrected chi connectivity index (χ3v) is 6.11. The molecule has 0 saturated carbocycles. The number of anilines is 1. The van der Waals surface area contributed by atoms with E-state index in [1.165, 1.54) is 12.1 Å². The van der Waals surface area contributed by atoms with Gasteiger partial charge in [0, 0.05) is 18.7 Å². The first-order chi connectivity index (χ1) is 9.76. The lowest BCUT2D eigenvalue weighted by atomic mass is 10.1. The van der Waals surface area contributed by atoms with Crippen LogP contribution in [0.15, 0.2) is 21.8 Å². The van der Waals surface area contributed by atoms with Crippen LogP contribution in [0.25, 0.3) is 0 Å². The molecule has 1 aromatic carbocycles. The van der Waals surface area contributed by atoms with Gasteiger partial charge in [0.15, 0.2) is 21.5 Å². The minimum Gasteiger partial charge on any atom is -0.409 e. The highest BCUT2D eigenvalue weighted by Gasteiger charge is 2.32. The fraction of sp³-hybridized carbons (Fsp3) is 0.417. The number of benzene rings is 1. The van der Waals surface area contributed by atoms with E-state index >= 15 is 0 Å². The van der Waals surface area contributed by atoms with Crippen molar-refractivity contribution < 1.29 is 18.0 Å². The topological polar surface area (TPSA) is 96.0 Å². The SMILES string of the molecule is CN(c1ccc(/C(N)=N/O)c(Br)c1F)C1CCS(=O)(=O)C1. The van der Waals surface area contributed by atoms with Gasteiger partial charge in [-0.1, -0.05) is 5.16 Å². The lowest BCUT2D eigenvalue weighted by molar-refractivity contribution is 0.318. The van der Waals surface area contributed by atoms with Gasteiger partial charge in [-0.2, -0.15) is 0 Å². The van der Waals surface area contributed by atoms with Crippen LogP contribution >= 0.6 is 15.9 Å². The maximum absolute atomic E-state index is 14.4. The van der Waals surface area contributed by atoms with Crippen LogP contribution in [0.5, 0.6) is 0 Å². The first-order valence-electron chi connectivity index (χ1n) is 6.16. The molecule has 0 amide bonds. The summed E-state index contributed by atoms with van der Waals surface area (Å²) in [6.45, 7) is 0. The summed E-state index contributed by atoms with van der Waals surface area (Å²) in [6.07, 6.45) is 0.470. The quantitative estimate of drug-likeness (QED) is 0.357. The average Bonchev–Trinajstić information content (AvgIpc) is 2.80. The molecule has 2 rings (SSSR count). The number of sulfone groups is 1. The molecule has 0 bridgehead atoms. The van der Waals surface area contributed by atoms with Crippen LogP contribution in [0.2, 0.25) is 0 Å². The van der Waals surface area contributed by atoms with Crippen molar-refractivity contribution in [3.05, 3.63) is 28.0 Å². The molecular weight excluding hydrogens is 365 g/mol. The van der Waals surface area contributed by atoms with Crippen molar-refractivity contribution in [1.82, 2.24) is 0 Å². The largest absolute Gasteiger partial charge is 0.409 e. The Morgan fingerprint density at radius 3 is 2.76 bits per heavy atom. The van der Waals surface area contributed by atoms with Gasteiger partial charge in [-0.05, 0) is 34.5 Å². The number of nitrogens with two attached hydrogens (primary N) is 1. The Hall–Kier alpha value is -1.35. The van der Waals surface area contributed by atoms with Gasteiger partial charge in [0.1, 0.15) is 0 Å². The molecule has 1 aliphatic rings. The fourth-order valence-corrected chi connectivity index (χ4v) is 4.65. The molecule has 6 nitrogen and oxygen atoms in total. The van der Waals surface area contributed by atoms with Crippen molar-refractivity contribution in [2.75, 3.05) is 23.5 Å². The molecule has 0 spiro atoms. The van der Waals surface area contributed by atoms with Gasteiger partial charge in [-0.15, -0.1) is 0 Å². The molecule has 1 saturated heterocycles. The van der Waals surface area contributed by atoms with Crippen LogP contribution in [-0.4, -0.2) is 44.1 Å². The zero-order valence-electron chi connectivity index (χ0n) is 11.3. The Morgan fingerprint density at radius 1 is 1.57 bits per heavy atom. The van der Waals surface area contributed by atoms with Gasteiger partial charge in [0.05, 0.1) is 21.7 Å². The zero-order valence-corrected chi connectivity index (χ0v) is 13.7. The third kappa shape index (κ3) is 3.13. The van der Waals surface area contributed by atoms with E-state index in [4.69, 9.17) is 10.9 Å². The summed E-state index contributed by atoms with van der Waals surface area (Å²) in [5.74, 6) is -0.653. The molecule has 3 N–H and O–H groups in total. The summed E-state index contributed by atoms with van der Waals surface area (Å²) < 4.78 is 37.5. The van der Waals surface area contributed by atoms with Crippen LogP contribution in [0.1, 0.15) is 12.0 Å². The van der Waals surface area contributed by atoms with Crippen LogP contribution in [0, 0.1) is 5.82 Å². The molecule has 0 aromatic heterocycles. The number of nitrogens with zero attached hydrogens (tertiary/aromatic N) is 2. The van der Waals surface area contributed by atoms with Gasteiger partial charge in [0.25, 0.3) is 0 Å². The Kier molecular flexibility index (Phi) is 4.43. The second-order valence-electron chi connectivity index (χ2n) is 4.91. The van der Waals surface area contributed by atoms with Crippen LogP contribution in [0.3, 0.4) is 0 Å². The standard InChI is InChI=1S/C12H15BrFN3O3S/c1-17(7-4-5-21(19,20)6-7)9-3-2-8(12(15)16-18)10(13)11(9)14/h2-3,7,18H,4-6H2,1H3,(H2,15,16). The molecule has 1 unspecified atom stereocenters. The van der Waals surface area contributed by atoms with Crippen LogP contribution in [-0.2, 0) is 9.84 Å². The summed E-state index contributed by atoms with van der Waals surface area (Å²) >= 11 is 3.08. The molecule has 21 heavy (non-hydrogen) atoms. The lowest BCUT2D eigenvalue weighted by Crippen LogP contribution is -2.33. The average molecular weight is 380 g/mol. The summed E-state index contributed by atoms with van der Waals surface area (Å²) in [5.41, 5.74) is 5.95. The number of amidine groups is 1. The van der Waals surface area contributed by atoms with E-state index in [0.717, 1.165) is 0 Å². The molecule has 1 atom stereocenters. The lowest BCUT2D eigenvalue weighted by Gasteiger charge is -2.26. The summed E-state index contributed by atoms with van der Waals surface area (Å²) in [4.78, 5) is 1.61. The number of hydrogen-bond donors (Lipinski definition) is 2. The highest BCUT2D eigenvalue weighted by atomic mass is 79.9. The highest BCUT2D eigenvalue weighted by Crippen LogP contribution is 2.31. The molecule has 0 aliphatic carbocycles. The van der Waals surface area contributed by atoms with Gasteiger partial charge in [-0.25, -0.2) is 12.8 Å². The fourth-order valence-electron chi connectivity index (χ4n) is 2.34. The predicted octanol–water partition coefficient (Wildman–Crippen LogP) is 1.31. The van der Waals surface area contributed by atoms with Crippen molar-refractivity contribution in [1.29, 1.82) is 0 Å². The van der Waals surface area contributed by atoms with E-state index in [9.17, 15) is 12.8 Å². The van der Waals surface area contributed by atoms with Gasteiger partial charge in [0.2, 0.25) is 0 Å². The number of oxime groups is 1. The highest BCUT2D eigenvalue weighted by molar-refractivity contribution is 9.10. The van der Waals surface area contributed by atoms with E-state index in [2.05, 4.69) is 21.1 Å².